The predicted octanol–water partition coefficient (Wildman–Crippen LogP) is 2.67. The SMILES string of the molecule is CCNC(=NCCCCN1CCCC(C)C1)NC1CCN(C(=O)OCC)CC1. The first-order valence-electron chi connectivity index (χ1n) is 11.3. The zero-order valence-corrected chi connectivity index (χ0v) is 18.2. The smallest absolute Gasteiger partial charge is 0.409 e. The number of rotatable bonds is 8. The lowest BCUT2D eigenvalue weighted by atomic mass is 10.0. The average molecular weight is 396 g/mol. The van der Waals surface area contributed by atoms with E-state index in [0.29, 0.717) is 12.6 Å². The highest BCUT2D eigenvalue weighted by atomic mass is 16.6. The molecular formula is C21H41N5O2. The Hall–Kier alpha value is -1.50. The van der Waals surface area contributed by atoms with E-state index < -0.39 is 0 Å². The molecule has 0 spiro atoms. The first-order chi connectivity index (χ1) is 13.6. The summed E-state index contributed by atoms with van der Waals surface area (Å²) in [5.74, 6) is 1.76. The fourth-order valence-electron chi connectivity index (χ4n) is 4.06. The summed E-state index contributed by atoms with van der Waals surface area (Å²) in [6, 6.07) is 0.360. The Balaban J connectivity index is 1.65. The number of aliphatic imine (C=N–C) groups is 1. The van der Waals surface area contributed by atoms with Gasteiger partial charge >= 0.3 is 6.09 Å². The lowest BCUT2D eigenvalue weighted by Gasteiger charge is -2.32. The van der Waals surface area contributed by atoms with E-state index in [1.807, 2.05) is 6.92 Å². The molecule has 2 rings (SSSR count). The van der Waals surface area contributed by atoms with Crippen LogP contribution in [0.3, 0.4) is 0 Å². The highest BCUT2D eigenvalue weighted by molar-refractivity contribution is 5.80. The van der Waals surface area contributed by atoms with Crippen LogP contribution in [0, 0.1) is 5.92 Å². The van der Waals surface area contributed by atoms with Crippen molar-refractivity contribution >= 4 is 12.1 Å². The minimum Gasteiger partial charge on any atom is -0.450 e. The standard InChI is InChI=1S/C21H41N5O2/c1-4-22-20(23-12-6-7-13-25-14-8-9-18(3)17-25)24-19-10-15-26(16-11-19)21(27)28-5-2/h18-19H,4-17H2,1-3H3,(H2,22,23,24). The van der Waals surface area contributed by atoms with Crippen LogP contribution in [0.4, 0.5) is 4.79 Å². The number of guanidine groups is 1. The average Bonchev–Trinajstić information content (AvgIpc) is 2.68. The number of hydrogen-bond donors (Lipinski definition) is 2. The Morgan fingerprint density at radius 2 is 1.93 bits per heavy atom. The normalized spacial score (nSPS) is 22.2. The number of amides is 1. The van der Waals surface area contributed by atoms with Gasteiger partial charge in [-0.2, -0.15) is 0 Å². The van der Waals surface area contributed by atoms with E-state index >= 15 is 0 Å². The zero-order valence-electron chi connectivity index (χ0n) is 18.2. The van der Waals surface area contributed by atoms with Crippen molar-refractivity contribution in [1.29, 1.82) is 0 Å². The molecule has 2 fully saturated rings. The Morgan fingerprint density at radius 1 is 1.14 bits per heavy atom. The molecule has 7 nitrogen and oxygen atoms in total. The minimum absolute atomic E-state index is 0.190. The molecule has 28 heavy (non-hydrogen) atoms. The molecule has 162 valence electrons. The summed E-state index contributed by atoms with van der Waals surface area (Å²) in [5, 5.41) is 6.90. The van der Waals surface area contributed by atoms with Crippen molar-refractivity contribution in [2.75, 3.05) is 52.4 Å². The Kier molecular flexibility index (Phi) is 10.5. The van der Waals surface area contributed by atoms with E-state index in [1.165, 1.54) is 38.9 Å². The number of carbonyl (C=O) groups excluding carboxylic acids is 1. The van der Waals surface area contributed by atoms with Gasteiger partial charge < -0.3 is 25.2 Å². The van der Waals surface area contributed by atoms with E-state index in [0.717, 1.165) is 57.3 Å². The van der Waals surface area contributed by atoms with Crippen LogP contribution in [0.25, 0.3) is 0 Å². The molecule has 1 amide bonds. The molecule has 7 heteroatoms. The van der Waals surface area contributed by atoms with Crippen molar-refractivity contribution in [3.8, 4) is 0 Å². The highest BCUT2D eigenvalue weighted by Crippen LogP contribution is 2.15. The second-order valence-electron chi connectivity index (χ2n) is 8.12. The number of hydrogen-bond acceptors (Lipinski definition) is 4. The summed E-state index contributed by atoms with van der Waals surface area (Å²) in [6.45, 7) is 13.7. The van der Waals surface area contributed by atoms with Crippen molar-refractivity contribution < 1.29 is 9.53 Å². The fraction of sp³-hybridized carbons (Fsp3) is 0.905. The third kappa shape index (κ3) is 8.25. The van der Waals surface area contributed by atoms with Crippen LogP contribution in [-0.4, -0.2) is 80.3 Å². The number of ether oxygens (including phenoxy) is 1. The van der Waals surface area contributed by atoms with E-state index in [4.69, 9.17) is 9.73 Å². The molecule has 0 aliphatic carbocycles. The largest absolute Gasteiger partial charge is 0.450 e. The first-order valence-corrected chi connectivity index (χ1v) is 11.3. The third-order valence-electron chi connectivity index (χ3n) is 5.60. The number of carbonyl (C=O) groups is 1. The Bertz CT molecular complexity index is 477. The lowest BCUT2D eigenvalue weighted by Crippen LogP contribution is -2.49. The molecule has 1 atom stereocenters. The van der Waals surface area contributed by atoms with E-state index in [9.17, 15) is 4.79 Å². The first kappa shape index (κ1) is 22.8. The van der Waals surface area contributed by atoms with Crippen LogP contribution < -0.4 is 10.6 Å². The summed E-state index contributed by atoms with van der Waals surface area (Å²) in [5.41, 5.74) is 0. The molecule has 0 aromatic carbocycles. The Labute approximate surface area is 171 Å². The lowest BCUT2D eigenvalue weighted by molar-refractivity contribution is 0.0963. The highest BCUT2D eigenvalue weighted by Gasteiger charge is 2.24. The molecule has 0 radical (unpaired) electrons. The molecule has 0 aromatic heterocycles. The van der Waals surface area contributed by atoms with Gasteiger partial charge in [-0.05, 0) is 71.4 Å². The summed E-state index contributed by atoms with van der Waals surface area (Å²) in [7, 11) is 0. The van der Waals surface area contributed by atoms with Gasteiger partial charge in [0.1, 0.15) is 0 Å². The molecule has 2 N–H and O–H groups in total. The second kappa shape index (κ2) is 12.9. The number of likely N-dealkylation sites (tertiary alicyclic amines) is 2. The number of nitrogens with zero attached hydrogens (tertiary/aromatic N) is 3. The summed E-state index contributed by atoms with van der Waals surface area (Å²) < 4.78 is 5.09. The van der Waals surface area contributed by atoms with Crippen LogP contribution in [-0.2, 0) is 4.74 Å². The van der Waals surface area contributed by atoms with Crippen LogP contribution in [0.1, 0.15) is 59.3 Å². The molecule has 0 bridgehead atoms. The molecule has 2 saturated heterocycles. The maximum absolute atomic E-state index is 11.8. The van der Waals surface area contributed by atoms with Crippen LogP contribution in [0.15, 0.2) is 4.99 Å². The van der Waals surface area contributed by atoms with Crippen molar-refractivity contribution in [2.24, 2.45) is 10.9 Å². The van der Waals surface area contributed by atoms with Crippen LogP contribution in [0.2, 0.25) is 0 Å². The van der Waals surface area contributed by atoms with Crippen molar-refractivity contribution in [2.45, 2.75) is 65.3 Å². The van der Waals surface area contributed by atoms with E-state index in [2.05, 4.69) is 29.4 Å². The van der Waals surface area contributed by atoms with Gasteiger partial charge in [0.15, 0.2) is 5.96 Å². The van der Waals surface area contributed by atoms with Crippen molar-refractivity contribution in [3.63, 3.8) is 0 Å². The van der Waals surface area contributed by atoms with Crippen molar-refractivity contribution in [1.82, 2.24) is 20.4 Å². The molecule has 2 heterocycles. The van der Waals surface area contributed by atoms with Crippen LogP contribution >= 0.6 is 0 Å². The van der Waals surface area contributed by atoms with Gasteiger partial charge in [0.05, 0.1) is 6.61 Å². The minimum atomic E-state index is -0.190. The number of unbranched alkanes of at least 4 members (excludes halogenated alkanes) is 1. The summed E-state index contributed by atoms with van der Waals surface area (Å²) in [4.78, 5) is 21.0. The van der Waals surface area contributed by atoms with Gasteiger partial charge in [0.2, 0.25) is 0 Å². The van der Waals surface area contributed by atoms with Crippen LogP contribution in [0.5, 0.6) is 0 Å². The molecule has 1 unspecified atom stereocenters. The molecular weight excluding hydrogens is 354 g/mol. The van der Waals surface area contributed by atoms with E-state index in [-0.39, 0.29) is 6.09 Å². The van der Waals surface area contributed by atoms with Gasteiger partial charge in [-0.1, -0.05) is 6.92 Å². The van der Waals surface area contributed by atoms with Gasteiger partial charge in [-0.3, -0.25) is 4.99 Å². The summed E-state index contributed by atoms with van der Waals surface area (Å²) in [6.07, 6.45) is 6.74. The summed E-state index contributed by atoms with van der Waals surface area (Å²) >= 11 is 0. The van der Waals surface area contributed by atoms with Gasteiger partial charge in [0, 0.05) is 38.8 Å². The van der Waals surface area contributed by atoms with Crippen molar-refractivity contribution in [3.05, 3.63) is 0 Å². The topological polar surface area (TPSA) is 69.2 Å². The predicted molar refractivity (Wildman–Crippen MR) is 115 cm³/mol. The van der Waals surface area contributed by atoms with Gasteiger partial charge in [0.25, 0.3) is 0 Å². The number of nitrogens with one attached hydrogen (secondary N) is 2. The third-order valence-corrected chi connectivity index (χ3v) is 5.60. The van der Waals surface area contributed by atoms with E-state index in [1.54, 1.807) is 4.90 Å². The maximum atomic E-state index is 11.8. The van der Waals surface area contributed by atoms with Gasteiger partial charge in [-0.15, -0.1) is 0 Å². The molecule has 0 saturated carbocycles. The number of piperidine rings is 2. The quantitative estimate of drug-likeness (QED) is 0.376. The Morgan fingerprint density at radius 3 is 2.61 bits per heavy atom. The molecule has 2 aliphatic rings. The molecule has 2 aliphatic heterocycles. The monoisotopic (exact) mass is 395 g/mol. The second-order valence-corrected chi connectivity index (χ2v) is 8.12. The zero-order chi connectivity index (χ0) is 20.2. The van der Waals surface area contributed by atoms with Gasteiger partial charge in [-0.25, -0.2) is 4.79 Å². The molecule has 0 aromatic rings. The fourth-order valence-corrected chi connectivity index (χ4v) is 4.06. The maximum Gasteiger partial charge on any atom is 0.409 e.